The Hall–Kier alpha value is -1.53. The quantitative estimate of drug-likeness (QED) is 0.876. The molecule has 0 bridgehead atoms. The Bertz CT molecular complexity index is 509. The lowest BCUT2D eigenvalue weighted by Crippen LogP contribution is -2.16. The first kappa shape index (κ1) is 10.6. The zero-order valence-corrected chi connectivity index (χ0v) is 10.3. The van der Waals surface area contributed by atoms with E-state index in [0.29, 0.717) is 12.4 Å². The first-order valence-corrected chi connectivity index (χ1v) is 6.31. The molecule has 0 radical (unpaired) electrons. The second-order valence-electron chi connectivity index (χ2n) is 3.71. The fraction of sp³-hybridized carbons (Fsp3) is 0.364. The van der Waals surface area contributed by atoms with E-state index in [1.54, 1.807) is 17.5 Å². The molecule has 3 heterocycles. The minimum absolute atomic E-state index is 0.587. The topological polar surface area (TPSA) is 59.9 Å². The summed E-state index contributed by atoms with van der Waals surface area (Å²) in [5, 5.41) is 5.89. The van der Waals surface area contributed by atoms with E-state index in [1.807, 2.05) is 12.4 Å². The van der Waals surface area contributed by atoms with Crippen molar-refractivity contribution < 1.29 is 4.74 Å². The van der Waals surface area contributed by atoms with E-state index in [0.717, 1.165) is 35.1 Å². The molecule has 0 spiro atoms. The highest BCUT2D eigenvalue weighted by Crippen LogP contribution is 2.26. The van der Waals surface area contributed by atoms with Crippen LogP contribution in [0.2, 0.25) is 0 Å². The van der Waals surface area contributed by atoms with Gasteiger partial charge in [0.25, 0.3) is 0 Å². The van der Waals surface area contributed by atoms with Gasteiger partial charge in [-0.3, -0.25) is 0 Å². The molecule has 3 rings (SSSR count). The summed E-state index contributed by atoms with van der Waals surface area (Å²) >= 11 is 1.55. The van der Waals surface area contributed by atoms with E-state index in [9.17, 15) is 0 Å². The van der Waals surface area contributed by atoms with Crippen molar-refractivity contribution in [3.8, 4) is 10.8 Å². The monoisotopic (exact) mass is 248 g/mol. The van der Waals surface area contributed by atoms with Crippen LogP contribution in [0, 0.1) is 0 Å². The summed E-state index contributed by atoms with van der Waals surface area (Å²) in [7, 11) is 1.86. The predicted octanol–water partition coefficient (Wildman–Crippen LogP) is 1.71. The fourth-order valence-corrected chi connectivity index (χ4v) is 2.44. The van der Waals surface area contributed by atoms with Gasteiger partial charge in [-0.2, -0.15) is 0 Å². The molecule has 0 amide bonds. The molecule has 2 aromatic rings. The number of thiazole rings is 1. The molecule has 6 heteroatoms. The van der Waals surface area contributed by atoms with Crippen LogP contribution in [-0.2, 0) is 17.8 Å². The number of hydrogen-bond donors (Lipinski definition) is 1. The number of nitrogens with one attached hydrogen (secondary N) is 1. The standard InChI is InChI=1S/C11H12N4OS/c1-12-9-7-6-16-4-2-8(7)14-10(15-9)11-13-3-5-17-11/h3,5H,2,4,6H2,1H3,(H,12,14,15). The Morgan fingerprint density at radius 2 is 2.35 bits per heavy atom. The maximum Gasteiger partial charge on any atom is 0.190 e. The zero-order chi connectivity index (χ0) is 11.7. The molecular formula is C11H12N4OS. The number of nitrogens with zero attached hydrogens (tertiary/aromatic N) is 3. The number of rotatable bonds is 2. The number of ether oxygens (including phenoxy) is 1. The molecular weight excluding hydrogens is 236 g/mol. The van der Waals surface area contributed by atoms with Crippen LogP contribution in [0.5, 0.6) is 0 Å². The van der Waals surface area contributed by atoms with Crippen LogP contribution in [0.4, 0.5) is 5.82 Å². The molecule has 0 aliphatic carbocycles. The Labute approximate surface area is 103 Å². The molecule has 0 saturated heterocycles. The molecule has 2 aromatic heterocycles. The third-order valence-electron chi connectivity index (χ3n) is 2.68. The first-order chi connectivity index (χ1) is 8.38. The van der Waals surface area contributed by atoms with Crippen LogP contribution in [0.15, 0.2) is 11.6 Å². The number of fused-ring (bicyclic) bond motifs is 1. The van der Waals surface area contributed by atoms with E-state index in [2.05, 4.69) is 20.3 Å². The molecule has 1 aliphatic heterocycles. The van der Waals surface area contributed by atoms with Crippen LogP contribution >= 0.6 is 11.3 Å². The van der Waals surface area contributed by atoms with Crippen molar-refractivity contribution in [1.82, 2.24) is 15.0 Å². The fourth-order valence-electron chi connectivity index (χ4n) is 1.87. The molecule has 0 atom stereocenters. The SMILES string of the molecule is CNc1nc(-c2nccs2)nc2c1COCC2. The van der Waals surface area contributed by atoms with E-state index in [4.69, 9.17) is 4.74 Å². The van der Waals surface area contributed by atoms with Gasteiger partial charge in [0.05, 0.1) is 18.9 Å². The smallest absolute Gasteiger partial charge is 0.190 e. The molecule has 17 heavy (non-hydrogen) atoms. The summed E-state index contributed by atoms with van der Waals surface area (Å²) in [6.45, 7) is 1.31. The summed E-state index contributed by atoms with van der Waals surface area (Å²) in [5.41, 5.74) is 2.14. The molecule has 0 fully saturated rings. The third kappa shape index (κ3) is 1.89. The van der Waals surface area contributed by atoms with Crippen LogP contribution in [0.1, 0.15) is 11.3 Å². The lowest BCUT2D eigenvalue weighted by molar-refractivity contribution is 0.109. The summed E-state index contributed by atoms with van der Waals surface area (Å²) in [4.78, 5) is 13.3. The molecule has 1 N–H and O–H groups in total. The zero-order valence-electron chi connectivity index (χ0n) is 9.43. The van der Waals surface area contributed by atoms with Crippen molar-refractivity contribution in [3.63, 3.8) is 0 Å². The normalized spacial score (nSPS) is 14.4. The van der Waals surface area contributed by atoms with Crippen LogP contribution in [0.25, 0.3) is 10.8 Å². The average Bonchev–Trinajstić information content (AvgIpc) is 2.91. The summed E-state index contributed by atoms with van der Waals surface area (Å²) in [6, 6.07) is 0. The number of hydrogen-bond acceptors (Lipinski definition) is 6. The second kappa shape index (κ2) is 4.38. The third-order valence-corrected chi connectivity index (χ3v) is 3.45. The Morgan fingerprint density at radius 3 is 3.12 bits per heavy atom. The van der Waals surface area contributed by atoms with E-state index >= 15 is 0 Å². The predicted molar refractivity (Wildman–Crippen MR) is 66.0 cm³/mol. The van der Waals surface area contributed by atoms with E-state index < -0.39 is 0 Å². The highest BCUT2D eigenvalue weighted by molar-refractivity contribution is 7.13. The van der Waals surface area contributed by atoms with Crippen molar-refractivity contribution in [2.45, 2.75) is 13.0 Å². The minimum Gasteiger partial charge on any atom is -0.376 e. The van der Waals surface area contributed by atoms with Gasteiger partial charge in [0.15, 0.2) is 10.8 Å². The first-order valence-electron chi connectivity index (χ1n) is 5.43. The lowest BCUT2D eigenvalue weighted by atomic mass is 10.1. The highest BCUT2D eigenvalue weighted by Gasteiger charge is 2.18. The lowest BCUT2D eigenvalue weighted by Gasteiger charge is -2.18. The van der Waals surface area contributed by atoms with Crippen molar-refractivity contribution >= 4 is 17.2 Å². The van der Waals surface area contributed by atoms with Crippen molar-refractivity contribution in [2.75, 3.05) is 19.0 Å². The number of anilines is 1. The van der Waals surface area contributed by atoms with Gasteiger partial charge in [-0.15, -0.1) is 11.3 Å². The van der Waals surface area contributed by atoms with Gasteiger partial charge in [0, 0.05) is 30.6 Å². The average molecular weight is 248 g/mol. The Kier molecular flexibility index (Phi) is 2.74. The van der Waals surface area contributed by atoms with Crippen molar-refractivity contribution in [1.29, 1.82) is 0 Å². The Morgan fingerprint density at radius 1 is 1.41 bits per heavy atom. The second-order valence-corrected chi connectivity index (χ2v) is 4.61. The van der Waals surface area contributed by atoms with Crippen molar-refractivity contribution in [2.24, 2.45) is 0 Å². The van der Waals surface area contributed by atoms with Gasteiger partial charge in [-0.25, -0.2) is 15.0 Å². The van der Waals surface area contributed by atoms with Gasteiger partial charge in [-0.1, -0.05) is 0 Å². The van der Waals surface area contributed by atoms with E-state index in [1.165, 1.54) is 0 Å². The summed E-state index contributed by atoms with van der Waals surface area (Å²) in [5.74, 6) is 1.55. The summed E-state index contributed by atoms with van der Waals surface area (Å²) in [6.07, 6.45) is 2.61. The molecule has 5 nitrogen and oxygen atoms in total. The van der Waals surface area contributed by atoms with Gasteiger partial charge in [0.2, 0.25) is 0 Å². The molecule has 0 aromatic carbocycles. The van der Waals surface area contributed by atoms with Gasteiger partial charge in [-0.05, 0) is 0 Å². The largest absolute Gasteiger partial charge is 0.376 e. The minimum atomic E-state index is 0.587. The van der Waals surface area contributed by atoms with Gasteiger partial charge < -0.3 is 10.1 Å². The maximum absolute atomic E-state index is 5.44. The number of aromatic nitrogens is 3. The van der Waals surface area contributed by atoms with Gasteiger partial charge >= 0.3 is 0 Å². The van der Waals surface area contributed by atoms with Crippen LogP contribution in [0.3, 0.4) is 0 Å². The van der Waals surface area contributed by atoms with Crippen molar-refractivity contribution in [3.05, 3.63) is 22.8 Å². The van der Waals surface area contributed by atoms with Gasteiger partial charge in [0.1, 0.15) is 5.82 Å². The van der Waals surface area contributed by atoms with Crippen LogP contribution in [-0.4, -0.2) is 28.6 Å². The Balaban J connectivity index is 2.12. The molecule has 0 saturated carbocycles. The summed E-state index contributed by atoms with van der Waals surface area (Å²) < 4.78 is 5.44. The maximum atomic E-state index is 5.44. The van der Waals surface area contributed by atoms with E-state index in [-0.39, 0.29) is 0 Å². The molecule has 88 valence electrons. The molecule has 0 unspecified atom stereocenters. The molecule has 1 aliphatic rings. The van der Waals surface area contributed by atoms with Crippen LogP contribution < -0.4 is 5.32 Å². The highest BCUT2D eigenvalue weighted by atomic mass is 32.1.